The number of hydrogen-bond acceptors (Lipinski definition) is 0. The van der Waals surface area contributed by atoms with E-state index in [0.717, 1.165) is 11.8 Å². The molecule has 0 heterocycles. The van der Waals surface area contributed by atoms with Crippen LogP contribution in [0, 0.1) is 11.8 Å². The fourth-order valence-corrected chi connectivity index (χ4v) is 2.83. The molecule has 1 rings (SSSR count). The van der Waals surface area contributed by atoms with Crippen LogP contribution in [0.25, 0.3) is 0 Å². The first-order chi connectivity index (χ1) is 6.84. The molecule has 1 aliphatic rings. The van der Waals surface area contributed by atoms with Gasteiger partial charge in [-0.05, 0) is 11.8 Å². The van der Waals surface area contributed by atoms with Crippen LogP contribution in [0.2, 0.25) is 0 Å². The van der Waals surface area contributed by atoms with Crippen LogP contribution in [0.4, 0.5) is 0 Å². The molecule has 0 spiro atoms. The molecule has 0 N–H and O–H groups in total. The van der Waals surface area contributed by atoms with E-state index in [1.54, 1.807) is 0 Å². The van der Waals surface area contributed by atoms with E-state index in [0.29, 0.717) is 0 Å². The van der Waals surface area contributed by atoms with Crippen LogP contribution < -0.4 is 0 Å². The second kappa shape index (κ2) is 7.31. The third-order valence-electron chi connectivity index (χ3n) is 3.97. The van der Waals surface area contributed by atoms with Crippen molar-refractivity contribution in [2.45, 2.75) is 78.1 Å². The van der Waals surface area contributed by atoms with Gasteiger partial charge < -0.3 is 0 Å². The van der Waals surface area contributed by atoms with Crippen LogP contribution in [0.3, 0.4) is 0 Å². The summed E-state index contributed by atoms with van der Waals surface area (Å²) >= 11 is 0. The molecule has 1 saturated carbocycles. The van der Waals surface area contributed by atoms with Crippen LogP contribution in [0.1, 0.15) is 78.1 Å². The van der Waals surface area contributed by atoms with Crippen molar-refractivity contribution in [1.82, 2.24) is 0 Å². The zero-order valence-electron chi connectivity index (χ0n) is 10.2. The highest BCUT2D eigenvalue weighted by Crippen LogP contribution is 2.33. The molecule has 0 amide bonds. The quantitative estimate of drug-likeness (QED) is 0.514. The largest absolute Gasteiger partial charge is 0.0654 e. The maximum atomic E-state index is 2.47. The summed E-state index contributed by atoms with van der Waals surface area (Å²) in [6, 6.07) is 0. The zero-order chi connectivity index (χ0) is 10.2. The van der Waals surface area contributed by atoms with Crippen LogP contribution >= 0.6 is 0 Å². The van der Waals surface area contributed by atoms with Crippen molar-refractivity contribution in [2.75, 3.05) is 0 Å². The molecule has 1 fully saturated rings. The zero-order valence-corrected chi connectivity index (χ0v) is 10.2. The second-order valence-corrected chi connectivity index (χ2v) is 5.22. The Bertz CT molecular complexity index is 128. The lowest BCUT2D eigenvalue weighted by atomic mass is 9.78. The van der Waals surface area contributed by atoms with Crippen LogP contribution in [0.5, 0.6) is 0 Å². The van der Waals surface area contributed by atoms with Gasteiger partial charge in [0.2, 0.25) is 0 Å². The highest BCUT2D eigenvalue weighted by molar-refractivity contribution is 4.72. The normalized spacial score (nSPS) is 27.9. The van der Waals surface area contributed by atoms with Gasteiger partial charge in [0.15, 0.2) is 0 Å². The van der Waals surface area contributed by atoms with Gasteiger partial charge in [0.25, 0.3) is 0 Å². The lowest BCUT2D eigenvalue weighted by molar-refractivity contribution is 0.236. The van der Waals surface area contributed by atoms with Crippen LogP contribution in [0.15, 0.2) is 0 Å². The fraction of sp³-hybridized carbons (Fsp3) is 1.00. The molecule has 0 aromatic rings. The van der Waals surface area contributed by atoms with Crippen LogP contribution in [-0.4, -0.2) is 0 Å². The first-order valence-corrected chi connectivity index (χ1v) is 6.84. The van der Waals surface area contributed by atoms with E-state index in [4.69, 9.17) is 0 Å². The Labute approximate surface area is 90.5 Å². The fourth-order valence-electron chi connectivity index (χ4n) is 2.83. The van der Waals surface area contributed by atoms with Crippen LogP contribution in [-0.2, 0) is 0 Å². The monoisotopic (exact) mass is 196 g/mol. The van der Waals surface area contributed by atoms with Crippen molar-refractivity contribution < 1.29 is 0 Å². The van der Waals surface area contributed by atoms with Gasteiger partial charge in [-0.1, -0.05) is 78.1 Å². The van der Waals surface area contributed by atoms with E-state index >= 15 is 0 Å². The van der Waals surface area contributed by atoms with E-state index in [9.17, 15) is 0 Å². The number of unbranched alkanes of at least 4 members (excludes halogenated alkanes) is 4. The molecule has 2 unspecified atom stereocenters. The molecule has 0 saturated heterocycles. The topological polar surface area (TPSA) is 0 Å². The van der Waals surface area contributed by atoms with Gasteiger partial charge >= 0.3 is 0 Å². The first-order valence-electron chi connectivity index (χ1n) is 6.84. The Morgan fingerprint density at radius 2 is 1.64 bits per heavy atom. The molecule has 2 atom stereocenters. The maximum Gasteiger partial charge on any atom is -0.0388 e. The standard InChI is InChI=1S/C14H28/c1-3-4-5-6-7-11-14-12-9-8-10-13(14)2/h13-14H,3-12H2,1-2H3. The molecule has 0 radical (unpaired) electrons. The molecule has 0 aromatic heterocycles. The third-order valence-corrected chi connectivity index (χ3v) is 3.97. The molecule has 0 heteroatoms. The predicted octanol–water partition coefficient (Wildman–Crippen LogP) is 5.17. The Hall–Kier alpha value is 0. The first kappa shape index (κ1) is 12.1. The third kappa shape index (κ3) is 4.48. The molecular weight excluding hydrogens is 168 g/mol. The predicted molar refractivity (Wildman–Crippen MR) is 64.5 cm³/mol. The van der Waals surface area contributed by atoms with Crippen molar-refractivity contribution in [1.29, 1.82) is 0 Å². The Kier molecular flexibility index (Phi) is 6.31. The molecule has 14 heavy (non-hydrogen) atoms. The van der Waals surface area contributed by atoms with E-state index in [-0.39, 0.29) is 0 Å². The minimum Gasteiger partial charge on any atom is -0.0654 e. The van der Waals surface area contributed by atoms with Gasteiger partial charge in [0.05, 0.1) is 0 Å². The van der Waals surface area contributed by atoms with Gasteiger partial charge in [-0.2, -0.15) is 0 Å². The SMILES string of the molecule is CCCCCCCC1CCCCC1C. The summed E-state index contributed by atoms with van der Waals surface area (Å²) in [5.41, 5.74) is 0. The Morgan fingerprint density at radius 1 is 0.929 bits per heavy atom. The van der Waals surface area contributed by atoms with Gasteiger partial charge in [-0.25, -0.2) is 0 Å². The highest BCUT2D eigenvalue weighted by Gasteiger charge is 2.20. The maximum absolute atomic E-state index is 2.47. The average molecular weight is 196 g/mol. The van der Waals surface area contributed by atoms with Crippen molar-refractivity contribution in [2.24, 2.45) is 11.8 Å². The van der Waals surface area contributed by atoms with Crippen molar-refractivity contribution >= 4 is 0 Å². The molecule has 0 bridgehead atoms. The number of hydrogen-bond donors (Lipinski definition) is 0. The van der Waals surface area contributed by atoms with E-state index < -0.39 is 0 Å². The summed E-state index contributed by atoms with van der Waals surface area (Å²) in [7, 11) is 0. The molecular formula is C14H28. The molecule has 0 aliphatic heterocycles. The minimum atomic E-state index is 1.02. The molecule has 0 nitrogen and oxygen atoms in total. The Morgan fingerprint density at radius 3 is 2.36 bits per heavy atom. The summed E-state index contributed by atoms with van der Waals surface area (Å²) in [6.45, 7) is 4.76. The van der Waals surface area contributed by atoms with Crippen molar-refractivity contribution in [3.05, 3.63) is 0 Å². The van der Waals surface area contributed by atoms with Crippen molar-refractivity contribution in [3.8, 4) is 0 Å². The van der Waals surface area contributed by atoms with E-state index in [1.807, 2.05) is 0 Å². The lowest BCUT2D eigenvalue weighted by Crippen LogP contribution is -2.16. The lowest BCUT2D eigenvalue weighted by Gasteiger charge is -2.28. The molecule has 0 aromatic carbocycles. The summed E-state index contributed by atoms with van der Waals surface area (Å²) in [6.07, 6.45) is 14.8. The second-order valence-electron chi connectivity index (χ2n) is 5.22. The van der Waals surface area contributed by atoms with Gasteiger partial charge in [0, 0.05) is 0 Å². The van der Waals surface area contributed by atoms with Gasteiger partial charge in [0.1, 0.15) is 0 Å². The summed E-state index contributed by atoms with van der Waals surface area (Å²) in [5, 5.41) is 0. The number of rotatable bonds is 6. The highest BCUT2D eigenvalue weighted by atomic mass is 14.3. The van der Waals surface area contributed by atoms with E-state index in [1.165, 1.54) is 64.2 Å². The van der Waals surface area contributed by atoms with Gasteiger partial charge in [-0.15, -0.1) is 0 Å². The summed E-state index contributed by atoms with van der Waals surface area (Å²) < 4.78 is 0. The Balaban J connectivity index is 1.99. The minimum absolute atomic E-state index is 1.02. The van der Waals surface area contributed by atoms with Crippen molar-refractivity contribution in [3.63, 3.8) is 0 Å². The molecule has 84 valence electrons. The van der Waals surface area contributed by atoms with E-state index in [2.05, 4.69) is 13.8 Å². The van der Waals surface area contributed by atoms with Gasteiger partial charge in [-0.3, -0.25) is 0 Å². The smallest absolute Gasteiger partial charge is 0.0388 e. The molecule has 1 aliphatic carbocycles. The summed E-state index contributed by atoms with van der Waals surface area (Å²) in [5.74, 6) is 2.10. The summed E-state index contributed by atoms with van der Waals surface area (Å²) in [4.78, 5) is 0. The average Bonchev–Trinajstić information content (AvgIpc) is 2.20.